The Bertz CT molecular complexity index is 591. The van der Waals surface area contributed by atoms with Crippen molar-refractivity contribution in [3.63, 3.8) is 0 Å². The maximum Gasteiger partial charge on any atom is 0.0403 e. The molecule has 0 aliphatic rings. The van der Waals surface area contributed by atoms with Crippen LogP contribution in [0.25, 0.3) is 0 Å². The van der Waals surface area contributed by atoms with E-state index >= 15 is 0 Å². The van der Waals surface area contributed by atoms with Crippen LogP contribution in [0.2, 0.25) is 0 Å². The first-order chi connectivity index (χ1) is 9.36. The second-order valence-corrected chi connectivity index (χ2v) is 6.61. The molecule has 2 rings (SSSR count). The predicted octanol–water partition coefficient (Wildman–Crippen LogP) is 5.21. The Morgan fingerprint density at radius 1 is 0.950 bits per heavy atom. The zero-order valence-corrected chi connectivity index (χ0v) is 13.2. The Kier molecular flexibility index (Phi) is 4.17. The summed E-state index contributed by atoms with van der Waals surface area (Å²) in [5.41, 5.74) is 6.79. The van der Waals surface area contributed by atoms with Crippen molar-refractivity contribution < 1.29 is 0 Å². The third kappa shape index (κ3) is 3.63. The fourth-order valence-electron chi connectivity index (χ4n) is 2.28. The van der Waals surface area contributed by atoms with Crippen molar-refractivity contribution in [2.75, 3.05) is 5.32 Å². The standard InChI is InChI=1S/C19H25N/c1-14-7-6-8-18(11-14)20-13-16-12-17(19(3,4)5)10-9-15(16)2/h6-12,20H,13H2,1-5H3. The Morgan fingerprint density at radius 3 is 2.35 bits per heavy atom. The fraction of sp³-hybridized carbons (Fsp3) is 0.368. The van der Waals surface area contributed by atoms with Gasteiger partial charge in [-0.3, -0.25) is 0 Å². The molecule has 0 aliphatic heterocycles. The molecule has 0 saturated carbocycles. The van der Waals surface area contributed by atoms with Gasteiger partial charge in [0.1, 0.15) is 0 Å². The summed E-state index contributed by atoms with van der Waals surface area (Å²) in [6.07, 6.45) is 0. The summed E-state index contributed by atoms with van der Waals surface area (Å²) >= 11 is 0. The molecule has 0 fully saturated rings. The maximum absolute atomic E-state index is 3.52. The molecule has 1 N–H and O–H groups in total. The van der Waals surface area contributed by atoms with E-state index in [4.69, 9.17) is 0 Å². The van der Waals surface area contributed by atoms with Crippen LogP contribution in [0.1, 0.15) is 43.0 Å². The van der Waals surface area contributed by atoms with Crippen LogP contribution < -0.4 is 5.32 Å². The molecule has 0 spiro atoms. The largest absolute Gasteiger partial charge is 0.381 e. The molecule has 2 aromatic rings. The summed E-state index contributed by atoms with van der Waals surface area (Å²) in [6.45, 7) is 12.0. The van der Waals surface area contributed by atoms with Crippen LogP contribution in [0.3, 0.4) is 0 Å². The molecule has 0 amide bonds. The maximum atomic E-state index is 3.52. The number of rotatable bonds is 3. The van der Waals surface area contributed by atoms with Crippen molar-refractivity contribution in [2.24, 2.45) is 0 Å². The average molecular weight is 267 g/mol. The van der Waals surface area contributed by atoms with Crippen LogP contribution in [0, 0.1) is 13.8 Å². The SMILES string of the molecule is Cc1cccc(NCc2cc(C(C)(C)C)ccc2C)c1. The molecule has 106 valence electrons. The quantitative estimate of drug-likeness (QED) is 0.804. The topological polar surface area (TPSA) is 12.0 Å². The van der Waals surface area contributed by atoms with Gasteiger partial charge in [-0.1, -0.05) is 51.1 Å². The molecule has 0 unspecified atom stereocenters. The van der Waals surface area contributed by atoms with Gasteiger partial charge in [0.05, 0.1) is 0 Å². The summed E-state index contributed by atoms with van der Waals surface area (Å²) in [7, 11) is 0. The van der Waals surface area contributed by atoms with E-state index in [1.54, 1.807) is 0 Å². The van der Waals surface area contributed by atoms with Gasteiger partial charge in [0.25, 0.3) is 0 Å². The lowest BCUT2D eigenvalue weighted by atomic mass is 9.85. The number of benzene rings is 2. The van der Waals surface area contributed by atoms with Crippen LogP contribution >= 0.6 is 0 Å². The van der Waals surface area contributed by atoms with E-state index in [0.29, 0.717) is 0 Å². The monoisotopic (exact) mass is 267 g/mol. The van der Waals surface area contributed by atoms with Crippen molar-refractivity contribution in [1.29, 1.82) is 0 Å². The van der Waals surface area contributed by atoms with Crippen LogP contribution in [-0.4, -0.2) is 0 Å². The van der Waals surface area contributed by atoms with Crippen molar-refractivity contribution >= 4 is 5.69 Å². The second-order valence-electron chi connectivity index (χ2n) is 6.61. The van der Waals surface area contributed by atoms with E-state index in [-0.39, 0.29) is 5.41 Å². The van der Waals surface area contributed by atoms with Crippen molar-refractivity contribution in [3.05, 3.63) is 64.7 Å². The molecular formula is C19H25N. The molecule has 20 heavy (non-hydrogen) atoms. The molecule has 1 nitrogen and oxygen atoms in total. The molecule has 2 aromatic carbocycles. The third-order valence-corrected chi connectivity index (χ3v) is 3.72. The van der Waals surface area contributed by atoms with Crippen LogP contribution in [0.4, 0.5) is 5.69 Å². The zero-order chi connectivity index (χ0) is 14.8. The fourth-order valence-corrected chi connectivity index (χ4v) is 2.28. The normalized spacial score (nSPS) is 11.4. The van der Waals surface area contributed by atoms with E-state index in [9.17, 15) is 0 Å². The number of anilines is 1. The summed E-state index contributed by atoms with van der Waals surface area (Å²) < 4.78 is 0. The van der Waals surface area contributed by atoms with E-state index in [1.165, 1.54) is 27.9 Å². The summed E-state index contributed by atoms with van der Waals surface area (Å²) in [5, 5.41) is 3.52. The van der Waals surface area contributed by atoms with Gasteiger partial charge >= 0.3 is 0 Å². The van der Waals surface area contributed by atoms with Gasteiger partial charge in [0.2, 0.25) is 0 Å². The summed E-state index contributed by atoms with van der Waals surface area (Å²) in [5.74, 6) is 0. The van der Waals surface area contributed by atoms with Gasteiger partial charge in [-0.2, -0.15) is 0 Å². The number of hydrogen-bond donors (Lipinski definition) is 1. The molecular weight excluding hydrogens is 242 g/mol. The van der Waals surface area contributed by atoms with Gasteiger partial charge in [0.15, 0.2) is 0 Å². The highest BCUT2D eigenvalue weighted by atomic mass is 14.9. The van der Waals surface area contributed by atoms with Gasteiger partial charge in [-0.05, 0) is 53.6 Å². The highest BCUT2D eigenvalue weighted by molar-refractivity contribution is 5.47. The Balaban J connectivity index is 2.17. The van der Waals surface area contributed by atoms with E-state index in [0.717, 1.165) is 6.54 Å². The van der Waals surface area contributed by atoms with Gasteiger partial charge in [-0.25, -0.2) is 0 Å². The Hall–Kier alpha value is -1.76. The second kappa shape index (κ2) is 5.70. The lowest BCUT2D eigenvalue weighted by Crippen LogP contribution is -2.12. The van der Waals surface area contributed by atoms with E-state index in [1.807, 2.05) is 0 Å². The van der Waals surface area contributed by atoms with Gasteiger partial charge in [0, 0.05) is 12.2 Å². The van der Waals surface area contributed by atoms with Crippen LogP contribution in [-0.2, 0) is 12.0 Å². The first-order valence-corrected chi connectivity index (χ1v) is 7.27. The number of hydrogen-bond acceptors (Lipinski definition) is 1. The van der Waals surface area contributed by atoms with Crippen LogP contribution in [0.15, 0.2) is 42.5 Å². The van der Waals surface area contributed by atoms with E-state index in [2.05, 4.69) is 82.4 Å². The minimum Gasteiger partial charge on any atom is -0.381 e. The lowest BCUT2D eigenvalue weighted by molar-refractivity contribution is 0.589. The first kappa shape index (κ1) is 14.6. The molecule has 0 saturated heterocycles. The van der Waals surface area contributed by atoms with E-state index < -0.39 is 0 Å². The highest BCUT2D eigenvalue weighted by Crippen LogP contribution is 2.25. The number of nitrogens with one attached hydrogen (secondary N) is 1. The summed E-state index contributed by atoms with van der Waals surface area (Å²) in [4.78, 5) is 0. The minimum atomic E-state index is 0.200. The molecule has 0 aliphatic carbocycles. The van der Waals surface area contributed by atoms with Gasteiger partial charge in [-0.15, -0.1) is 0 Å². The predicted molar refractivity (Wildman–Crippen MR) is 88.4 cm³/mol. The highest BCUT2D eigenvalue weighted by Gasteiger charge is 2.14. The third-order valence-electron chi connectivity index (χ3n) is 3.72. The Morgan fingerprint density at radius 2 is 1.70 bits per heavy atom. The molecule has 1 heteroatoms. The molecule has 0 aromatic heterocycles. The smallest absolute Gasteiger partial charge is 0.0403 e. The average Bonchev–Trinajstić information content (AvgIpc) is 2.36. The molecule has 0 bridgehead atoms. The lowest BCUT2D eigenvalue weighted by Gasteiger charge is -2.21. The number of aryl methyl sites for hydroxylation is 2. The van der Waals surface area contributed by atoms with Gasteiger partial charge < -0.3 is 5.32 Å². The zero-order valence-electron chi connectivity index (χ0n) is 13.2. The van der Waals surface area contributed by atoms with Crippen molar-refractivity contribution in [2.45, 2.75) is 46.6 Å². The molecule has 0 radical (unpaired) electrons. The Labute approximate surface area is 123 Å². The van der Waals surface area contributed by atoms with Crippen LogP contribution in [0.5, 0.6) is 0 Å². The first-order valence-electron chi connectivity index (χ1n) is 7.27. The van der Waals surface area contributed by atoms with Crippen molar-refractivity contribution in [1.82, 2.24) is 0 Å². The molecule has 0 heterocycles. The summed E-state index contributed by atoms with van der Waals surface area (Å²) in [6, 6.07) is 15.3. The van der Waals surface area contributed by atoms with Crippen molar-refractivity contribution in [3.8, 4) is 0 Å². The minimum absolute atomic E-state index is 0.200. The molecule has 0 atom stereocenters.